The Bertz CT molecular complexity index is 537. The van der Waals surface area contributed by atoms with Gasteiger partial charge in [-0.05, 0) is 25.0 Å². The van der Waals surface area contributed by atoms with Gasteiger partial charge in [-0.1, -0.05) is 6.92 Å². The van der Waals surface area contributed by atoms with Gasteiger partial charge in [-0.2, -0.15) is 5.26 Å². The lowest BCUT2D eigenvalue weighted by Gasteiger charge is -2.07. The molecule has 7 heteroatoms. The quantitative estimate of drug-likeness (QED) is 0.720. The molecule has 0 unspecified atom stereocenters. The Kier molecular flexibility index (Phi) is 6.42. The van der Waals surface area contributed by atoms with Gasteiger partial charge in [-0.15, -0.1) is 0 Å². The summed E-state index contributed by atoms with van der Waals surface area (Å²) < 4.78 is 31.6. The molecule has 0 radical (unpaired) electrons. The SMILES string of the molecule is CCCOCCCNS(=O)(=O)c1cccnc1C#N. The van der Waals surface area contributed by atoms with E-state index < -0.39 is 10.0 Å². The molecule has 19 heavy (non-hydrogen) atoms. The molecular formula is C12H17N3O3S. The maximum absolute atomic E-state index is 12.0. The molecule has 0 spiro atoms. The van der Waals surface area contributed by atoms with E-state index in [0.29, 0.717) is 19.6 Å². The number of nitrogens with zero attached hydrogens (tertiary/aromatic N) is 2. The van der Waals surface area contributed by atoms with Crippen molar-refractivity contribution in [3.63, 3.8) is 0 Å². The molecule has 6 nitrogen and oxygen atoms in total. The van der Waals surface area contributed by atoms with Crippen LogP contribution < -0.4 is 4.72 Å². The van der Waals surface area contributed by atoms with Crippen molar-refractivity contribution in [2.75, 3.05) is 19.8 Å². The zero-order valence-corrected chi connectivity index (χ0v) is 11.6. The van der Waals surface area contributed by atoms with Crippen molar-refractivity contribution in [2.24, 2.45) is 0 Å². The molecule has 0 saturated carbocycles. The predicted molar refractivity (Wildman–Crippen MR) is 69.9 cm³/mol. The van der Waals surface area contributed by atoms with E-state index in [-0.39, 0.29) is 17.1 Å². The average Bonchev–Trinajstić information content (AvgIpc) is 2.42. The summed E-state index contributed by atoms with van der Waals surface area (Å²) in [5, 5.41) is 8.83. The lowest BCUT2D eigenvalue weighted by molar-refractivity contribution is 0.133. The second-order valence-electron chi connectivity index (χ2n) is 3.83. The van der Waals surface area contributed by atoms with Gasteiger partial charge in [0.05, 0.1) is 0 Å². The highest BCUT2D eigenvalue weighted by atomic mass is 32.2. The highest BCUT2D eigenvalue weighted by molar-refractivity contribution is 7.89. The number of ether oxygens (including phenoxy) is 1. The van der Waals surface area contributed by atoms with Gasteiger partial charge in [0.15, 0.2) is 5.69 Å². The maximum atomic E-state index is 12.0. The van der Waals surface area contributed by atoms with Crippen LogP contribution in [0.5, 0.6) is 0 Å². The fourth-order valence-corrected chi connectivity index (χ4v) is 2.58. The normalized spacial score (nSPS) is 11.2. The average molecular weight is 283 g/mol. The number of aromatic nitrogens is 1. The van der Waals surface area contributed by atoms with E-state index in [1.807, 2.05) is 6.92 Å². The topological polar surface area (TPSA) is 92.1 Å². The summed E-state index contributed by atoms with van der Waals surface area (Å²) in [4.78, 5) is 3.64. The van der Waals surface area contributed by atoms with Crippen LogP contribution in [0.1, 0.15) is 25.5 Å². The van der Waals surface area contributed by atoms with Gasteiger partial charge in [0.25, 0.3) is 0 Å². The zero-order chi connectivity index (χ0) is 14.1. The van der Waals surface area contributed by atoms with E-state index in [1.54, 1.807) is 6.07 Å². The minimum Gasteiger partial charge on any atom is -0.381 e. The fraction of sp³-hybridized carbons (Fsp3) is 0.500. The monoisotopic (exact) mass is 283 g/mol. The molecule has 1 rings (SSSR count). The fourth-order valence-electron chi connectivity index (χ4n) is 1.40. The highest BCUT2D eigenvalue weighted by Crippen LogP contribution is 2.11. The van der Waals surface area contributed by atoms with Crippen LogP contribution in [0.25, 0.3) is 0 Å². The van der Waals surface area contributed by atoms with E-state index in [0.717, 1.165) is 6.42 Å². The third kappa shape index (κ3) is 4.95. The lowest BCUT2D eigenvalue weighted by atomic mass is 10.4. The van der Waals surface area contributed by atoms with Crippen LogP contribution in [-0.2, 0) is 14.8 Å². The van der Waals surface area contributed by atoms with E-state index in [1.165, 1.54) is 18.3 Å². The van der Waals surface area contributed by atoms with E-state index >= 15 is 0 Å². The minimum atomic E-state index is -3.69. The smallest absolute Gasteiger partial charge is 0.243 e. The molecule has 1 aromatic heterocycles. The first-order valence-electron chi connectivity index (χ1n) is 6.04. The van der Waals surface area contributed by atoms with E-state index in [4.69, 9.17) is 10.00 Å². The van der Waals surface area contributed by atoms with Gasteiger partial charge in [-0.25, -0.2) is 18.1 Å². The van der Waals surface area contributed by atoms with E-state index in [9.17, 15) is 8.42 Å². The summed E-state index contributed by atoms with van der Waals surface area (Å²) in [7, 11) is -3.69. The van der Waals surface area contributed by atoms with Gasteiger partial charge in [0.2, 0.25) is 10.0 Å². The first-order valence-corrected chi connectivity index (χ1v) is 7.52. The van der Waals surface area contributed by atoms with Crippen molar-refractivity contribution < 1.29 is 13.2 Å². The molecule has 0 aliphatic rings. The summed E-state index contributed by atoms with van der Waals surface area (Å²) >= 11 is 0. The molecule has 1 heterocycles. The number of pyridine rings is 1. The van der Waals surface area contributed by atoms with Crippen molar-refractivity contribution in [3.8, 4) is 6.07 Å². The Morgan fingerprint density at radius 3 is 2.95 bits per heavy atom. The Balaban J connectivity index is 2.55. The van der Waals surface area contributed by atoms with Gasteiger partial charge in [0, 0.05) is 26.0 Å². The Morgan fingerprint density at radius 2 is 2.26 bits per heavy atom. The minimum absolute atomic E-state index is 0.0908. The van der Waals surface area contributed by atoms with Crippen molar-refractivity contribution >= 4 is 10.0 Å². The highest BCUT2D eigenvalue weighted by Gasteiger charge is 2.18. The molecular weight excluding hydrogens is 266 g/mol. The number of rotatable bonds is 8. The molecule has 0 aromatic carbocycles. The molecule has 0 atom stereocenters. The number of sulfonamides is 1. The molecule has 1 N–H and O–H groups in total. The number of hydrogen-bond donors (Lipinski definition) is 1. The van der Waals surface area contributed by atoms with Crippen molar-refractivity contribution in [2.45, 2.75) is 24.7 Å². The van der Waals surface area contributed by atoms with Crippen LogP contribution in [-0.4, -0.2) is 33.2 Å². The number of hydrogen-bond acceptors (Lipinski definition) is 5. The van der Waals surface area contributed by atoms with E-state index in [2.05, 4.69) is 9.71 Å². The molecule has 0 amide bonds. The molecule has 0 aliphatic carbocycles. The largest absolute Gasteiger partial charge is 0.381 e. The van der Waals surface area contributed by atoms with Gasteiger partial charge >= 0.3 is 0 Å². The molecule has 0 aliphatic heterocycles. The Labute approximate surface area is 113 Å². The Morgan fingerprint density at radius 1 is 1.47 bits per heavy atom. The molecule has 104 valence electrons. The van der Waals surface area contributed by atoms with Crippen LogP contribution in [0.15, 0.2) is 23.2 Å². The van der Waals surface area contributed by atoms with Crippen molar-refractivity contribution in [1.82, 2.24) is 9.71 Å². The van der Waals surface area contributed by atoms with Gasteiger partial charge < -0.3 is 4.74 Å². The molecule has 0 saturated heterocycles. The Hall–Kier alpha value is -1.49. The molecule has 1 aromatic rings. The van der Waals surface area contributed by atoms with Crippen molar-refractivity contribution in [1.29, 1.82) is 5.26 Å². The van der Waals surface area contributed by atoms with Crippen LogP contribution in [0.3, 0.4) is 0 Å². The third-order valence-corrected chi connectivity index (χ3v) is 3.76. The summed E-state index contributed by atoms with van der Waals surface area (Å²) in [6.45, 7) is 3.46. The van der Waals surface area contributed by atoms with Crippen molar-refractivity contribution in [3.05, 3.63) is 24.0 Å². The number of nitriles is 1. The second kappa shape index (κ2) is 7.84. The standard InChI is InChI=1S/C12H17N3O3S/c1-2-8-18-9-4-7-15-19(16,17)12-5-3-6-14-11(12)10-13/h3,5-6,15H,2,4,7-9H2,1H3. The van der Waals surface area contributed by atoms with Crippen LogP contribution in [0.2, 0.25) is 0 Å². The first kappa shape index (κ1) is 15.6. The van der Waals surface area contributed by atoms with Crippen LogP contribution in [0, 0.1) is 11.3 Å². The lowest BCUT2D eigenvalue weighted by Crippen LogP contribution is -2.26. The summed E-state index contributed by atoms with van der Waals surface area (Å²) in [6, 6.07) is 4.61. The second-order valence-corrected chi connectivity index (χ2v) is 5.56. The molecule has 0 fully saturated rings. The van der Waals surface area contributed by atoms with Crippen LogP contribution >= 0.6 is 0 Å². The summed E-state index contributed by atoms with van der Waals surface area (Å²) in [5.74, 6) is 0. The summed E-state index contributed by atoms with van der Waals surface area (Å²) in [6.07, 6.45) is 2.91. The number of nitrogens with one attached hydrogen (secondary N) is 1. The molecule has 0 bridgehead atoms. The van der Waals surface area contributed by atoms with Crippen LogP contribution in [0.4, 0.5) is 0 Å². The van der Waals surface area contributed by atoms with Gasteiger partial charge in [0.1, 0.15) is 11.0 Å². The predicted octanol–water partition coefficient (Wildman–Crippen LogP) is 1.05. The summed E-state index contributed by atoms with van der Waals surface area (Å²) in [5.41, 5.74) is -0.0998. The third-order valence-electron chi connectivity index (χ3n) is 2.27. The first-order chi connectivity index (χ1) is 9.11. The maximum Gasteiger partial charge on any atom is 0.243 e. The zero-order valence-electron chi connectivity index (χ0n) is 10.8. The van der Waals surface area contributed by atoms with Gasteiger partial charge in [-0.3, -0.25) is 0 Å².